The monoisotopic (exact) mass is 303 g/mol. The smallest absolute Gasteiger partial charge is 0.222 e. The fraction of sp³-hybridized carbons (Fsp3) is 0.500. The molecule has 5 heteroatoms. The van der Waals surface area contributed by atoms with E-state index < -0.39 is 0 Å². The van der Waals surface area contributed by atoms with E-state index in [1.165, 1.54) is 17.7 Å². The van der Waals surface area contributed by atoms with Gasteiger partial charge in [0.05, 0.1) is 5.56 Å². The Morgan fingerprint density at radius 2 is 2.24 bits per heavy atom. The Bertz CT molecular complexity index is 594. The van der Waals surface area contributed by atoms with Crippen molar-refractivity contribution in [2.75, 3.05) is 11.9 Å². The Morgan fingerprint density at radius 3 is 2.90 bits per heavy atom. The zero-order chi connectivity index (χ0) is 14.7. The average Bonchev–Trinajstić information content (AvgIpc) is 3.21. The van der Waals surface area contributed by atoms with Crippen molar-refractivity contribution in [2.24, 2.45) is 0 Å². The number of anilines is 1. The molecular weight excluding hydrogens is 282 g/mol. The fourth-order valence-electron chi connectivity index (χ4n) is 2.13. The van der Waals surface area contributed by atoms with Gasteiger partial charge in [0, 0.05) is 17.3 Å². The van der Waals surface area contributed by atoms with Crippen LogP contribution < -0.4 is 10.1 Å². The molecule has 2 aromatic rings. The van der Waals surface area contributed by atoms with Gasteiger partial charge in [-0.3, -0.25) is 0 Å². The van der Waals surface area contributed by atoms with Gasteiger partial charge in [0.25, 0.3) is 0 Å². The molecular formula is C16H21N3OS. The zero-order valence-electron chi connectivity index (χ0n) is 12.6. The molecule has 0 aromatic carbocycles. The molecule has 1 fully saturated rings. The molecule has 0 saturated heterocycles. The van der Waals surface area contributed by atoms with E-state index in [0.717, 1.165) is 36.1 Å². The van der Waals surface area contributed by atoms with Crippen molar-refractivity contribution in [3.63, 3.8) is 0 Å². The third-order valence-electron chi connectivity index (χ3n) is 3.53. The first kappa shape index (κ1) is 14.3. The van der Waals surface area contributed by atoms with E-state index in [-0.39, 0.29) is 0 Å². The van der Waals surface area contributed by atoms with Crippen LogP contribution >= 0.6 is 11.3 Å². The van der Waals surface area contributed by atoms with Gasteiger partial charge < -0.3 is 10.1 Å². The minimum atomic E-state index is 0.525. The van der Waals surface area contributed by atoms with E-state index in [4.69, 9.17) is 4.74 Å². The van der Waals surface area contributed by atoms with Crippen LogP contribution in [0.25, 0.3) is 0 Å². The molecule has 0 bridgehead atoms. The number of nitrogens with zero attached hydrogens (tertiary/aromatic N) is 2. The van der Waals surface area contributed by atoms with Crippen molar-refractivity contribution >= 4 is 17.2 Å². The summed E-state index contributed by atoms with van der Waals surface area (Å²) in [5.41, 5.74) is 1.00. The van der Waals surface area contributed by atoms with E-state index in [1.54, 1.807) is 11.3 Å². The summed E-state index contributed by atoms with van der Waals surface area (Å²) in [6.07, 6.45) is 3.47. The Hall–Kier alpha value is -1.62. The molecule has 2 aromatic heterocycles. The molecule has 1 aliphatic rings. The first-order chi connectivity index (χ1) is 10.3. The lowest BCUT2D eigenvalue weighted by molar-refractivity contribution is 0.293. The maximum Gasteiger partial charge on any atom is 0.222 e. The third kappa shape index (κ3) is 3.53. The quantitative estimate of drug-likeness (QED) is 0.835. The van der Waals surface area contributed by atoms with Gasteiger partial charge in [0.1, 0.15) is 18.2 Å². The Balaban J connectivity index is 1.80. The van der Waals surface area contributed by atoms with Crippen LogP contribution in [0.5, 0.6) is 5.88 Å². The van der Waals surface area contributed by atoms with Crippen molar-refractivity contribution in [1.29, 1.82) is 0 Å². The molecule has 1 saturated carbocycles. The van der Waals surface area contributed by atoms with Gasteiger partial charge in [0.15, 0.2) is 0 Å². The van der Waals surface area contributed by atoms with Gasteiger partial charge >= 0.3 is 0 Å². The van der Waals surface area contributed by atoms with Crippen LogP contribution in [-0.2, 0) is 6.61 Å². The zero-order valence-corrected chi connectivity index (χ0v) is 13.4. The summed E-state index contributed by atoms with van der Waals surface area (Å²) in [6, 6.07) is 4.12. The molecule has 4 nitrogen and oxygen atoms in total. The molecule has 1 N–H and O–H groups in total. The highest BCUT2D eigenvalue weighted by molar-refractivity contribution is 7.09. The van der Waals surface area contributed by atoms with Crippen molar-refractivity contribution in [3.05, 3.63) is 33.8 Å². The molecule has 0 spiro atoms. The summed E-state index contributed by atoms with van der Waals surface area (Å²) in [5.74, 6) is 3.10. The minimum Gasteiger partial charge on any atom is -0.472 e. The standard InChI is InChI=1S/C16H21N3OS/c1-3-8-17-14-11(2)16(19-15(18-14)12-6-7-12)20-10-13-5-4-9-21-13/h4-5,9,12H,3,6-8,10H2,1-2H3,(H,17,18,19). The fourth-order valence-corrected chi connectivity index (χ4v) is 2.74. The Morgan fingerprint density at radius 1 is 1.38 bits per heavy atom. The molecule has 21 heavy (non-hydrogen) atoms. The van der Waals surface area contributed by atoms with Gasteiger partial charge in [-0.1, -0.05) is 13.0 Å². The van der Waals surface area contributed by atoms with Crippen LogP contribution in [0.4, 0.5) is 5.82 Å². The van der Waals surface area contributed by atoms with Crippen LogP contribution in [0.3, 0.4) is 0 Å². The Labute approximate surface area is 129 Å². The van der Waals surface area contributed by atoms with E-state index >= 15 is 0 Å². The van der Waals surface area contributed by atoms with Crippen LogP contribution in [0, 0.1) is 6.92 Å². The minimum absolute atomic E-state index is 0.525. The SMILES string of the molecule is CCCNc1nc(C2CC2)nc(OCc2cccs2)c1C. The van der Waals surface area contributed by atoms with Crippen molar-refractivity contribution in [1.82, 2.24) is 9.97 Å². The summed E-state index contributed by atoms with van der Waals surface area (Å²) >= 11 is 1.70. The highest BCUT2D eigenvalue weighted by atomic mass is 32.1. The van der Waals surface area contributed by atoms with E-state index in [9.17, 15) is 0 Å². The Kier molecular flexibility index (Phi) is 4.39. The topological polar surface area (TPSA) is 47.0 Å². The lowest BCUT2D eigenvalue weighted by Crippen LogP contribution is -2.09. The predicted octanol–water partition coefficient (Wildman–Crippen LogP) is 4.12. The van der Waals surface area contributed by atoms with Crippen LogP contribution in [0.1, 0.15) is 48.4 Å². The summed E-state index contributed by atoms with van der Waals surface area (Å²) < 4.78 is 5.94. The molecule has 112 valence electrons. The van der Waals surface area contributed by atoms with Gasteiger partial charge in [-0.05, 0) is 37.6 Å². The highest BCUT2D eigenvalue weighted by Gasteiger charge is 2.28. The molecule has 0 atom stereocenters. The predicted molar refractivity (Wildman–Crippen MR) is 86.2 cm³/mol. The van der Waals surface area contributed by atoms with Crippen LogP contribution in [0.2, 0.25) is 0 Å². The van der Waals surface area contributed by atoms with Gasteiger partial charge in [-0.25, -0.2) is 4.98 Å². The molecule has 0 radical (unpaired) electrons. The summed E-state index contributed by atoms with van der Waals surface area (Å²) in [7, 11) is 0. The van der Waals surface area contributed by atoms with E-state index in [2.05, 4.69) is 33.7 Å². The maximum absolute atomic E-state index is 5.94. The third-order valence-corrected chi connectivity index (χ3v) is 4.38. The van der Waals surface area contributed by atoms with E-state index in [1.807, 2.05) is 13.0 Å². The molecule has 0 unspecified atom stereocenters. The molecule has 1 aliphatic carbocycles. The van der Waals surface area contributed by atoms with Crippen LogP contribution in [0.15, 0.2) is 17.5 Å². The summed E-state index contributed by atoms with van der Waals surface area (Å²) in [5, 5.41) is 5.46. The summed E-state index contributed by atoms with van der Waals surface area (Å²) in [6.45, 7) is 5.68. The van der Waals surface area contributed by atoms with Crippen molar-refractivity contribution in [2.45, 2.75) is 45.6 Å². The second kappa shape index (κ2) is 6.43. The largest absolute Gasteiger partial charge is 0.472 e. The number of ether oxygens (including phenoxy) is 1. The maximum atomic E-state index is 5.94. The molecule has 0 aliphatic heterocycles. The van der Waals surface area contributed by atoms with E-state index in [0.29, 0.717) is 12.5 Å². The number of hydrogen-bond donors (Lipinski definition) is 1. The summed E-state index contributed by atoms with van der Waals surface area (Å²) in [4.78, 5) is 10.5. The van der Waals surface area contributed by atoms with Crippen molar-refractivity contribution < 1.29 is 4.74 Å². The number of thiophene rings is 1. The molecule has 2 heterocycles. The first-order valence-electron chi connectivity index (χ1n) is 7.55. The van der Waals surface area contributed by atoms with Gasteiger partial charge in [-0.15, -0.1) is 11.3 Å². The number of rotatable bonds is 7. The molecule has 0 amide bonds. The second-order valence-electron chi connectivity index (χ2n) is 5.43. The van der Waals surface area contributed by atoms with Gasteiger partial charge in [0.2, 0.25) is 5.88 Å². The highest BCUT2D eigenvalue weighted by Crippen LogP contribution is 2.40. The van der Waals surface area contributed by atoms with Gasteiger partial charge in [-0.2, -0.15) is 4.98 Å². The lowest BCUT2D eigenvalue weighted by atomic mass is 10.3. The number of hydrogen-bond acceptors (Lipinski definition) is 5. The van der Waals surface area contributed by atoms with Crippen molar-refractivity contribution in [3.8, 4) is 5.88 Å². The van der Waals surface area contributed by atoms with Crippen LogP contribution in [-0.4, -0.2) is 16.5 Å². The molecule has 3 rings (SSSR count). The normalized spacial score (nSPS) is 14.2. The lowest BCUT2D eigenvalue weighted by Gasteiger charge is -2.14. The second-order valence-corrected chi connectivity index (χ2v) is 6.46. The first-order valence-corrected chi connectivity index (χ1v) is 8.43. The number of nitrogens with one attached hydrogen (secondary N) is 1. The average molecular weight is 303 g/mol. The number of aromatic nitrogens is 2.